The molecule has 1 aromatic carbocycles. The average Bonchev–Trinajstić information content (AvgIpc) is 3.23. The van der Waals surface area contributed by atoms with E-state index in [0.717, 1.165) is 42.0 Å². The van der Waals surface area contributed by atoms with Crippen molar-refractivity contribution >= 4 is 33.0 Å². The third kappa shape index (κ3) is 4.56. The normalized spacial score (nSPS) is 15.8. The van der Waals surface area contributed by atoms with Gasteiger partial charge in [-0.3, -0.25) is 9.69 Å². The molecule has 7 nitrogen and oxygen atoms in total. The number of anilines is 2. The number of amides is 1. The van der Waals surface area contributed by atoms with Gasteiger partial charge in [0.25, 0.3) is 0 Å². The van der Waals surface area contributed by atoms with Gasteiger partial charge in [0.05, 0.1) is 18.4 Å². The van der Waals surface area contributed by atoms with Gasteiger partial charge in [0.1, 0.15) is 5.82 Å². The Labute approximate surface area is 173 Å². The molecule has 0 radical (unpaired) electrons. The highest BCUT2D eigenvalue weighted by Gasteiger charge is 2.24. The molecule has 1 amide bonds. The van der Waals surface area contributed by atoms with Gasteiger partial charge >= 0.3 is 0 Å². The summed E-state index contributed by atoms with van der Waals surface area (Å²) in [6.07, 6.45) is 2.01. The third-order valence-electron chi connectivity index (χ3n) is 4.94. The number of nitrogens with zero attached hydrogens (tertiary/aromatic N) is 5. The van der Waals surface area contributed by atoms with Crippen molar-refractivity contribution in [3.63, 3.8) is 0 Å². The fraction of sp³-hybridized carbons (Fsp3) is 0.450. The number of halogens is 1. The lowest BCUT2D eigenvalue weighted by molar-refractivity contribution is -0.117. The number of benzene rings is 1. The summed E-state index contributed by atoms with van der Waals surface area (Å²) in [7, 11) is 0. The molecule has 0 bridgehead atoms. The molecule has 1 fully saturated rings. The molecule has 1 aliphatic rings. The topological polar surface area (TPSA) is 65.8 Å². The number of carbonyl (C=O) groups excluding carboxylic acids is 1. The standard InChI is InChI=1S/C20H25FN6OS/c1-20(2,3)16-12-27-18(23-16)29-19(24-27)26-10-8-25(9-11-26)13-17(28)22-15-6-4-14(21)5-7-15/h4-7,12H,8-11,13H2,1-3H3,(H,22,28). The van der Waals surface area contributed by atoms with Crippen LogP contribution in [0.4, 0.5) is 15.2 Å². The van der Waals surface area contributed by atoms with Crippen molar-refractivity contribution in [3.05, 3.63) is 42.0 Å². The Balaban J connectivity index is 1.31. The molecule has 0 saturated carbocycles. The Hall–Kier alpha value is -2.52. The number of fused-ring (bicyclic) bond motifs is 1. The van der Waals surface area contributed by atoms with Crippen LogP contribution in [0.3, 0.4) is 0 Å². The van der Waals surface area contributed by atoms with Gasteiger partial charge in [-0.1, -0.05) is 32.1 Å². The lowest BCUT2D eigenvalue weighted by atomic mass is 9.93. The number of nitrogens with one attached hydrogen (secondary N) is 1. The fourth-order valence-corrected chi connectivity index (χ4v) is 4.15. The molecule has 0 aliphatic carbocycles. The first-order valence-electron chi connectivity index (χ1n) is 9.67. The van der Waals surface area contributed by atoms with E-state index in [1.807, 2.05) is 10.7 Å². The number of aromatic nitrogens is 3. The van der Waals surface area contributed by atoms with Crippen LogP contribution in [0.15, 0.2) is 30.5 Å². The molecule has 4 rings (SSSR count). The third-order valence-corrected chi connectivity index (χ3v) is 5.92. The van der Waals surface area contributed by atoms with E-state index >= 15 is 0 Å². The van der Waals surface area contributed by atoms with Crippen LogP contribution in [0.1, 0.15) is 26.5 Å². The van der Waals surface area contributed by atoms with E-state index < -0.39 is 0 Å². The first-order valence-corrected chi connectivity index (χ1v) is 10.5. The molecule has 29 heavy (non-hydrogen) atoms. The molecule has 0 unspecified atom stereocenters. The molecular formula is C20H25FN6OS. The predicted octanol–water partition coefficient (Wildman–Crippen LogP) is 2.99. The lowest BCUT2D eigenvalue weighted by Gasteiger charge is -2.33. The summed E-state index contributed by atoms with van der Waals surface area (Å²) in [5, 5.41) is 8.46. The molecule has 2 aromatic heterocycles. The lowest BCUT2D eigenvalue weighted by Crippen LogP contribution is -2.48. The maximum absolute atomic E-state index is 13.0. The largest absolute Gasteiger partial charge is 0.344 e. The molecular weight excluding hydrogens is 391 g/mol. The highest BCUT2D eigenvalue weighted by Crippen LogP contribution is 2.28. The molecule has 1 aliphatic heterocycles. The summed E-state index contributed by atoms with van der Waals surface area (Å²) < 4.78 is 14.8. The Morgan fingerprint density at radius 2 is 1.86 bits per heavy atom. The minimum absolute atomic E-state index is 0.00763. The van der Waals surface area contributed by atoms with Gasteiger partial charge in [-0.2, -0.15) is 0 Å². The zero-order chi connectivity index (χ0) is 20.6. The van der Waals surface area contributed by atoms with Crippen LogP contribution in [0, 0.1) is 5.82 Å². The van der Waals surface area contributed by atoms with Crippen LogP contribution in [0.5, 0.6) is 0 Å². The average molecular weight is 417 g/mol. The Kier molecular flexibility index (Phi) is 5.26. The van der Waals surface area contributed by atoms with Crippen molar-refractivity contribution in [2.24, 2.45) is 0 Å². The van der Waals surface area contributed by atoms with Crippen molar-refractivity contribution in [2.45, 2.75) is 26.2 Å². The number of imidazole rings is 1. The first kappa shape index (κ1) is 19.8. The van der Waals surface area contributed by atoms with Crippen molar-refractivity contribution in [3.8, 4) is 0 Å². The SMILES string of the molecule is CC(C)(C)c1cn2nc(N3CCN(CC(=O)Nc4ccc(F)cc4)CC3)sc2n1. The quantitative estimate of drug-likeness (QED) is 0.708. The van der Waals surface area contributed by atoms with Crippen LogP contribution in [0.2, 0.25) is 0 Å². The number of piperazine rings is 1. The molecule has 1 saturated heterocycles. The van der Waals surface area contributed by atoms with Gasteiger partial charge in [-0.15, -0.1) is 5.10 Å². The van der Waals surface area contributed by atoms with Crippen molar-refractivity contribution in [1.29, 1.82) is 0 Å². The summed E-state index contributed by atoms with van der Waals surface area (Å²) in [6, 6.07) is 5.80. The highest BCUT2D eigenvalue weighted by molar-refractivity contribution is 7.20. The summed E-state index contributed by atoms with van der Waals surface area (Å²) in [5.74, 6) is -0.407. The molecule has 3 heterocycles. The molecule has 3 aromatic rings. The van der Waals surface area contributed by atoms with Gasteiger partial charge in [-0.25, -0.2) is 13.9 Å². The van der Waals surface area contributed by atoms with Crippen molar-refractivity contribution in [1.82, 2.24) is 19.5 Å². The Morgan fingerprint density at radius 1 is 1.17 bits per heavy atom. The highest BCUT2D eigenvalue weighted by atomic mass is 32.1. The van der Waals surface area contributed by atoms with Crippen molar-refractivity contribution in [2.75, 3.05) is 42.9 Å². The van der Waals surface area contributed by atoms with E-state index in [0.29, 0.717) is 12.2 Å². The number of carbonyl (C=O) groups is 1. The van der Waals surface area contributed by atoms with E-state index in [9.17, 15) is 9.18 Å². The fourth-order valence-electron chi connectivity index (χ4n) is 3.21. The van der Waals surface area contributed by atoms with Crippen LogP contribution < -0.4 is 10.2 Å². The van der Waals surface area contributed by atoms with Crippen LogP contribution in [-0.2, 0) is 10.2 Å². The van der Waals surface area contributed by atoms with Crippen LogP contribution in [0.25, 0.3) is 4.96 Å². The maximum atomic E-state index is 13.0. The number of hydrogen-bond acceptors (Lipinski definition) is 6. The van der Waals surface area contributed by atoms with Gasteiger partial charge < -0.3 is 10.2 Å². The van der Waals surface area contributed by atoms with Gasteiger partial charge in [0.2, 0.25) is 16.0 Å². The monoisotopic (exact) mass is 416 g/mol. The first-order chi connectivity index (χ1) is 13.8. The number of hydrogen-bond donors (Lipinski definition) is 1. The Bertz CT molecular complexity index is 967. The van der Waals surface area contributed by atoms with Gasteiger partial charge in [0, 0.05) is 37.3 Å². The van der Waals surface area contributed by atoms with E-state index in [4.69, 9.17) is 4.98 Å². The minimum Gasteiger partial charge on any atom is -0.344 e. The molecule has 154 valence electrons. The van der Waals surface area contributed by atoms with E-state index in [1.54, 1.807) is 23.5 Å². The van der Waals surface area contributed by atoms with Crippen LogP contribution in [-0.4, -0.2) is 58.1 Å². The van der Waals surface area contributed by atoms with E-state index in [-0.39, 0.29) is 17.1 Å². The second-order valence-corrected chi connectivity index (χ2v) is 9.24. The smallest absolute Gasteiger partial charge is 0.238 e. The summed E-state index contributed by atoms with van der Waals surface area (Å²) in [6.45, 7) is 9.95. The summed E-state index contributed by atoms with van der Waals surface area (Å²) >= 11 is 1.60. The molecule has 0 spiro atoms. The zero-order valence-electron chi connectivity index (χ0n) is 16.9. The van der Waals surface area contributed by atoms with E-state index in [2.05, 4.69) is 41.0 Å². The number of rotatable bonds is 4. The van der Waals surface area contributed by atoms with Gasteiger partial charge in [0.15, 0.2) is 0 Å². The van der Waals surface area contributed by atoms with Crippen molar-refractivity contribution < 1.29 is 9.18 Å². The molecule has 9 heteroatoms. The van der Waals surface area contributed by atoms with Crippen LogP contribution >= 0.6 is 11.3 Å². The Morgan fingerprint density at radius 3 is 2.48 bits per heavy atom. The zero-order valence-corrected chi connectivity index (χ0v) is 17.7. The molecule has 0 atom stereocenters. The summed E-state index contributed by atoms with van der Waals surface area (Å²) in [4.78, 5) is 22.2. The summed E-state index contributed by atoms with van der Waals surface area (Å²) in [5.41, 5.74) is 1.66. The maximum Gasteiger partial charge on any atom is 0.238 e. The predicted molar refractivity (Wildman–Crippen MR) is 113 cm³/mol. The van der Waals surface area contributed by atoms with Gasteiger partial charge in [-0.05, 0) is 24.3 Å². The second-order valence-electron chi connectivity index (χ2n) is 8.31. The second kappa shape index (κ2) is 7.72. The molecule has 1 N–H and O–H groups in total. The van der Waals surface area contributed by atoms with E-state index in [1.165, 1.54) is 12.1 Å². The minimum atomic E-state index is -0.316.